The van der Waals surface area contributed by atoms with Crippen LogP contribution in [0.2, 0.25) is 0 Å². The fourth-order valence-corrected chi connectivity index (χ4v) is 1.26. The molecule has 0 rings (SSSR count). The second kappa shape index (κ2) is 12.2. The van der Waals surface area contributed by atoms with Gasteiger partial charge < -0.3 is 0 Å². The molecule has 0 amide bonds. The van der Waals surface area contributed by atoms with Crippen molar-refractivity contribution in [2.24, 2.45) is 0 Å². The Hall–Kier alpha value is -0.780. The number of rotatable bonds is 9. The summed E-state index contributed by atoms with van der Waals surface area (Å²) in [4.78, 5) is 0. The van der Waals surface area contributed by atoms with Crippen molar-refractivity contribution >= 4 is 0 Å². The first-order valence-corrected chi connectivity index (χ1v) is 5.82. The largest absolute Gasteiger partial charge is 0.103 e. The highest BCUT2D eigenvalue weighted by molar-refractivity contribution is 4.85. The monoisotopic (exact) mass is 192 g/mol. The van der Waals surface area contributed by atoms with Crippen LogP contribution in [0.1, 0.15) is 51.9 Å². The standard InChI is InChI=1S/C14H24/c1-3-5-7-9-11-13-14-12-10-8-6-4-2/h3,6,8-9,11H,1,4-5,7,10,12-14H2,2H3. The van der Waals surface area contributed by atoms with Gasteiger partial charge in [0.2, 0.25) is 0 Å². The molecule has 0 spiro atoms. The van der Waals surface area contributed by atoms with Crippen LogP contribution in [0.3, 0.4) is 0 Å². The molecule has 0 bridgehead atoms. The second-order valence-electron chi connectivity index (χ2n) is 3.50. The lowest BCUT2D eigenvalue weighted by atomic mass is 10.1. The Morgan fingerprint density at radius 2 is 1.36 bits per heavy atom. The zero-order valence-electron chi connectivity index (χ0n) is 9.54. The molecule has 0 heterocycles. The van der Waals surface area contributed by atoms with Gasteiger partial charge in [-0.05, 0) is 44.9 Å². The third-order valence-corrected chi connectivity index (χ3v) is 2.10. The molecular weight excluding hydrogens is 168 g/mol. The number of hydrogen-bond acceptors (Lipinski definition) is 0. The van der Waals surface area contributed by atoms with Crippen LogP contribution in [0.25, 0.3) is 0 Å². The maximum absolute atomic E-state index is 3.69. The van der Waals surface area contributed by atoms with Crippen molar-refractivity contribution in [1.29, 1.82) is 0 Å². The Morgan fingerprint density at radius 3 is 1.93 bits per heavy atom. The lowest BCUT2D eigenvalue weighted by molar-refractivity contribution is 0.759. The van der Waals surface area contributed by atoms with E-state index in [4.69, 9.17) is 0 Å². The smallest absolute Gasteiger partial charge is 0.0316 e. The Bertz CT molecular complexity index is 163. The van der Waals surface area contributed by atoms with E-state index in [0.29, 0.717) is 0 Å². The number of unbranched alkanes of at least 4 members (excludes halogenated alkanes) is 4. The summed E-state index contributed by atoms with van der Waals surface area (Å²) in [5.74, 6) is 0. The quantitative estimate of drug-likeness (QED) is 0.355. The molecule has 0 unspecified atom stereocenters. The molecule has 0 aromatic rings. The summed E-state index contributed by atoms with van der Waals surface area (Å²) in [6.07, 6.45) is 19.6. The summed E-state index contributed by atoms with van der Waals surface area (Å²) in [6, 6.07) is 0. The Morgan fingerprint density at radius 1 is 0.786 bits per heavy atom. The molecule has 0 fully saturated rings. The van der Waals surface area contributed by atoms with E-state index >= 15 is 0 Å². The normalized spacial score (nSPS) is 11.5. The van der Waals surface area contributed by atoms with Gasteiger partial charge in [-0.25, -0.2) is 0 Å². The van der Waals surface area contributed by atoms with Gasteiger partial charge in [-0.15, -0.1) is 6.58 Å². The lowest BCUT2D eigenvalue weighted by Gasteiger charge is -1.92. The van der Waals surface area contributed by atoms with E-state index in [9.17, 15) is 0 Å². The molecule has 0 nitrogen and oxygen atoms in total. The second-order valence-corrected chi connectivity index (χ2v) is 3.50. The van der Waals surface area contributed by atoms with E-state index in [1.807, 2.05) is 6.08 Å². The Labute approximate surface area is 89.4 Å². The van der Waals surface area contributed by atoms with E-state index in [2.05, 4.69) is 37.8 Å². The van der Waals surface area contributed by atoms with Crippen LogP contribution in [0.4, 0.5) is 0 Å². The van der Waals surface area contributed by atoms with Crippen LogP contribution in [0.5, 0.6) is 0 Å². The lowest BCUT2D eigenvalue weighted by Crippen LogP contribution is -1.72. The van der Waals surface area contributed by atoms with Gasteiger partial charge in [0.05, 0.1) is 0 Å². The number of allylic oxidation sites excluding steroid dienone is 5. The van der Waals surface area contributed by atoms with Crippen molar-refractivity contribution < 1.29 is 0 Å². The van der Waals surface area contributed by atoms with E-state index in [1.165, 1.54) is 32.1 Å². The molecule has 0 radical (unpaired) electrons. The number of hydrogen-bond donors (Lipinski definition) is 0. The predicted octanol–water partition coefficient (Wildman–Crippen LogP) is 5.04. The van der Waals surface area contributed by atoms with Crippen LogP contribution < -0.4 is 0 Å². The molecule has 0 aromatic carbocycles. The molecule has 0 heteroatoms. The molecule has 0 aliphatic heterocycles. The summed E-state index contributed by atoms with van der Waals surface area (Å²) < 4.78 is 0. The van der Waals surface area contributed by atoms with Crippen LogP contribution in [-0.4, -0.2) is 0 Å². The zero-order valence-corrected chi connectivity index (χ0v) is 9.54. The summed E-state index contributed by atoms with van der Waals surface area (Å²) in [5, 5.41) is 0. The third-order valence-electron chi connectivity index (χ3n) is 2.10. The van der Waals surface area contributed by atoms with E-state index in [-0.39, 0.29) is 0 Å². The fourth-order valence-electron chi connectivity index (χ4n) is 1.26. The van der Waals surface area contributed by atoms with Crippen molar-refractivity contribution in [2.45, 2.75) is 51.9 Å². The van der Waals surface area contributed by atoms with Crippen LogP contribution >= 0.6 is 0 Å². The maximum atomic E-state index is 3.69. The van der Waals surface area contributed by atoms with Crippen LogP contribution in [-0.2, 0) is 0 Å². The first kappa shape index (κ1) is 13.2. The van der Waals surface area contributed by atoms with Crippen molar-refractivity contribution in [3.63, 3.8) is 0 Å². The summed E-state index contributed by atoms with van der Waals surface area (Å²) >= 11 is 0. The molecular formula is C14H24. The highest BCUT2D eigenvalue weighted by Gasteiger charge is 1.83. The predicted molar refractivity (Wildman–Crippen MR) is 66.5 cm³/mol. The van der Waals surface area contributed by atoms with E-state index < -0.39 is 0 Å². The highest BCUT2D eigenvalue weighted by Crippen LogP contribution is 2.03. The summed E-state index contributed by atoms with van der Waals surface area (Å²) in [5.41, 5.74) is 0. The molecule has 0 aliphatic carbocycles. The van der Waals surface area contributed by atoms with E-state index in [0.717, 1.165) is 12.8 Å². The molecule has 80 valence electrons. The molecule has 0 saturated heterocycles. The summed E-state index contributed by atoms with van der Waals surface area (Å²) in [6.45, 7) is 5.87. The van der Waals surface area contributed by atoms with Gasteiger partial charge in [0.15, 0.2) is 0 Å². The highest BCUT2D eigenvalue weighted by atomic mass is 13.9. The molecule has 14 heavy (non-hydrogen) atoms. The first-order valence-electron chi connectivity index (χ1n) is 5.82. The first-order chi connectivity index (χ1) is 6.91. The topological polar surface area (TPSA) is 0 Å². The minimum Gasteiger partial charge on any atom is -0.103 e. The SMILES string of the molecule is C=CCCC=CCCCCC=CCC. The zero-order chi connectivity index (χ0) is 10.5. The maximum Gasteiger partial charge on any atom is -0.0316 e. The third kappa shape index (κ3) is 11.2. The van der Waals surface area contributed by atoms with Gasteiger partial charge in [0, 0.05) is 0 Å². The summed E-state index contributed by atoms with van der Waals surface area (Å²) in [7, 11) is 0. The van der Waals surface area contributed by atoms with E-state index in [1.54, 1.807) is 0 Å². The van der Waals surface area contributed by atoms with Gasteiger partial charge in [-0.1, -0.05) is 37.3 Å². The minimum absolute atomic E-state index is 1.11. The molecule has 0 atom stereocenters. The van der Waals surface area contributed by atoms with Gasteiger partial charge >= 0.3 is 0 Å². The van der Waals surface area contributed by atoms with Crippen LogP contribution in [0.15, 0.2) is 37.0 Å². The van der Waals surface area contributed by atoms with Gasteiger partial charge in [-0.2, -0.15) is 0 Å². The molecule has 0 aromatic heterocycles. The van der Waals surface area contributed by atoms with Crippen molar-refractivity contribution in [3.05, 3.63) is 37.0 Å². The molecule has 0 aliphatic rings. The minimum atomic E-state index is 1.11. The fraction of sp³-hybridized carbons (Fsp3) is 0.571. The Balaban J connectivity index is 3.08. The average molecular weight is 192 g/mol. The molecule has 0 saturated carbocycles. The van der Waals surface area contributed by atoms with Gasteiger partial charge in [0.1, 0.15) is 0 Å². The van der Waals surface area contributed by atoms with Gasteiger partial charge in [-0.3, -0.25) is 0 Å². The van der Waals surface area contributed by atoms with Crippen LogP contribution in [0, 0.1) is 0 Å². The van der Waals surface area contributed by atoms with Crippen molar-refractivity contribution in [1.82, 2.24) is 0 Å². The average Bonchev–Trinajstić information content (AvgIpc) is 2.21. The molecule has 0 N–H and O–H groups in total. The van der Waals surface area contributed by atoms with Gasteiger partial charge in [0.25, 0.3) is 0 Å². The van der Waals surface area contributed by atoms with Crippen molar-refractivity contribution in [2.75, 3.05) is 0 Å². The van der Waals surface area contributed by atoms with Crippen molar-refractivity contribution in [3.8, 4) is 0 Å². The Kier molecular flexibility index (Phi) is 11.5.